The first-order chi connectivity index (χ1) is 14.1. The number of hydrogen-bond acceptors (Lipinski definition) is 2. The molecule has 2 unspecified atom stereocenters. The highest BCUT2D eigenvalue weighted by Crippen LogP contribution is 2.55. The second-order valence-electron chi connectivity index (χ2n) is 9.02. The van der Waals surface area contributed by atoms with E-state index in [-0.39, 0.29) is 5.41 Å². The van der Waals surface area contributed by atoms with E-state index in [1.165, 1.54) is 60.3 Å². The van der Waals surface area contributed by atoms with Crippen LogP contribution in [0.25, 0.3) is 0 Å². The predicted octanol–water partition coefficient (Wildman–Crippen LogP) is 6.74. The van der Waals surface area contributed by atoms with Crippen molar-refractivity contribution in [3.63, 3.8) is 0 Å². The Morgan fingerprint density at radius 2 is 1.55 bits per heavy atom. The molecule has 1 fully saturated rings. The Bertz CT molecular complexity index is 952. The highest BCUT2D eigenvalue weighted by molar-refractivity contribution is 5.64. The molecule has 0 radical (unpaired) electrons. The topological polar surface area (TPSA) is 6.48 Å². The molecule has 2 aromatic rings. The highest BCUT2D eigenvalue weighted by Gasteiger charge is 2.52. The fraction of sp³-hybridized carbons (Fsp3) is 0.407. The van der Waals surface area contributed by atoms with E-state index >= 15 is 0 Å². The van der Waals surface area contributed by atoms with Gasteiger partial charge in [0.1, 0.15) is 6.17 Å². The Morgan fingerprint density at radius 3 is 2.28 bits per heavy atom. The predicted molar refractivity (Wildman–Crippen MR) is 121 cm³/mol. The quantitative estimate of drug-likeness (QED) is 0.578. The standard InChI is InChI=1S/C27H32N2/c1-20-12-10-11-17-25(20)29-21(2)26-27(18-19-28(26)22(29)3,23-13-6-4-7-14-23)24-15-8-5-9-16-24/h4,6-7,10-14,17-19,22,24H,5,8-9,15-16H2,1-3H3. The van der Waals surface area contributed by atoms with Crippen LogP contribution in [0.5, 0.6) is 0 Å². The first-order valence-electron chi connectivity index (χ1n) is 11.2. The Hall–Kier alpha value is -2.48. The lowest BCUT2D eigenvalue weighted by Crippen LogP contribution is -2.39. The third-order valence-corrected chi connectivity index (χ3v) is 7.50. The third kappa shape index (κ3) is 2.68. The zero-order chi connectivity index (χ0) is 20.0. The van der Waals surface area contributed by atoms with Crippen molar-refractivity contribution in [3.8, 4) is 0 Å². The average Bonchev–Trinajstić information content (AvgIpc) is 3.28. The summed E-state index contributed by atoms with van der Waals surface area (Å²) in [6.07, 6.45) is 12.0. The van der Waals surface area contributed by atoms with Gasteiger partial charge >= 0.3 is 0 Å². The van der Waals surface area contributed by atoms with Gasteiger partial charge in [0.15, 0.2) is 0 Å². The van der Waals surface area contributed by atoms with Crippen molar-refractivity contribution in [2.45, 2.75) is 64.5 Å². The van der Waals surface area contributed by atoms with Gasteiger partial charge in [0, 0.05) is 17.6 Å². The van der Waals surface area contributed by atoms with Crippen LogP contribution in [0, 0.1) is 12.8 Å². The molecule has 29 heavy (non-hydrogen) atoms. The first kappa shape index (κ1) is 18.5. The van der Waals surface area contributed by atoms with Gasteiger partial charge in [0.2, 0.25) is 0 Å². The zero-order valence-electron chi connectivity index (χ0n) is 17.9. The zero-order valence-corrected chi connectivity index (χ0v) is 17.9. The number of nitrogens with zero attached hydrogens (tertiary/aromatic N) is 2. The van der Waals surface area contributed by atoms with E-state index in [4.69, 9.17) is 0 Å². The first-order valence-corrected chi connectivity index (χ1v) is 11.2. The minimum atomic E-state index is -0.00252. The molecular weight excluding hydrogens is 352 g/mol. The van der Waals surface area contributed by atoms with Crippen molar-refractivity contribution >= 4 is 5.69 Å². The lowest BCUT2D eigenvalue weighted by Gasteiger charge is -2.41. The van der Waals surface area contributed by atoms with E-state index in [0.29, 0.717) is 12.1 Å². The molecule has 3 aliphatic rings. The molecule has 5 rings (SSSR count). The van der Waals surface area contributed by atoms with E-state index < -0.39 is 0 Å². The van der Waals surface area contributed by atoms with Crippen LogP contribution < -0.4 is 4.90 Å². The van der Waals surface area contributed by atoms with Gasteiger partial charge in [0.25, 0.3) is 0 Å². The normalized spacial score (nSPS) is 27.1. The second-order valence-corrected chi connectivity index (χ2v) is 9.02. The smallest absolute Gasteiger partial charge is 0.107 e. The van der Waals surface area contributed by atoms with Gasteiger partial charge < -0.3 is 9.80 Å². The summed E-state index contributed by atoms with van der Waals surface area (Å²) in [5.74, 6) is 0.675. The second kappa shape index (κ2) is 7.09. The maximum absolute atomic E-state index is 2.55. The van der Waals surface area contributed by atoms with Crippen LogP contribution in [0.2, 0.25) is 0 Å². The number of anilines is 1. The van der Waals surface area contributed by atoms with Gasteiger partial charge in [-0.2, -0.15) is 0 Å². The number of rotatable bonds is 3. The van der Waals surface area contributed by atoms with Crippen LogP contribution in [0.15, 0.2) is 78.3 Å². The minimum absolute atomic E-state index is 0.00252. The molecule has 2 aromatic carbocycles. The van der Waals surface area contributed by atoms with Crippen molar-refractivity contribution in [1.82, 2.24) is 4.90 Å². The van der Waals surface area contributed by atoms with Gasteiger partial charge in [-0.05, 0) is 56.7 Å². The summed E-state index contributed by atoms with van der Waals surface area (Å²) >= 11 is 0. The molecule has 2 heteroatoms. The maximum atomic E-state index is 2.55. The molecule has 0 saturated heterocycles. The number of benzene rings is 2. The molecule has 0 spiro atoms. The molecule has 2 heterocycles. The summed E-state index contributed by atoms with van der Waals surface area (Å²) in [5.41, 5.74) is 7.04. The Kier molecular flexibility index (Phi) is 4.53. The SMILES string of the molecule is CC1=C2N(C=CC2(c2ccccc2)C2CCCCC2)C(C)N1c1ccccc1C. The Balaban J connectivity index is 1.69. The van der Waals surface area contributed by atoms with Gasteiger partial charge in [-0.15, -0.1) is 0 Å². The van der Waals surface area contributed by atoms with Crippen LogP contribution in [0.4, 0.5) is 5.69 Å². The average molecular weight is 385 g/mol. The molecule has 2 aliphatic heterocycles. The number of allylic oxidation sites excluding steroid dienone is 2. The van der Waals surface area contributed by atoms with E-state index in [0.717, 1.165) is 0 Å². The molecular formula is C27H32N2. The summed E-state index contributed by atoms with van der Waals surface area (Å²) in [4.78, 5) is 5.10. The monoisotopic (exact) mass is 384 g/mol. The van der Waals surface area contributed by atoms with Crippen molar-refractivity contribution in [1.29, 1.82) is 0 Å². The Morgan fingerprint density at radius 1 is 0.862 bits per heavy atom. The fourth-order valence-electron chi connectivity index (χ4n) is 6.17. The molecule has 2 atom stereocenters. The molecule has 0 bridgehead atoms. The minimum Gasteiger partial charge on any atom is -0.328 e. The maximum Gasteiger partial charge on any atom is 0.107 e. The van der Waals surface area contributed by atoms with Gasteiger partial charge in [-0.3, -0.25) is 0 Å². The number of fused-ring (bicyclic) bond motifs is 1. The van der Waals surface area contributed by atoms with Crippen molar-refractivity contribution in [3.05, 3.63) is 89.4 Å². The lowest BCUT2D eigenvalue weighted by molar-refractivity contribution is 0.252. The van der Waals surface area contributed by atoms with Crippen molar-refractivity contribution in [2.24, 2.45) is 5.92 Å². The summed E-state index contributed by atoms with van der Waals surface area (Å²) in [6.45, 7) is 6.91. The number of aryl methyl sites for hydroxylation is 1. The lowest BCUT2D eigenvalue weighted by atomic mass is 9.63. The molecule has 150 valence electrons. The molecule has 1 saturated carbocycles. The Labute approximate surface area is 175 Å². The molecule has 1 aliphatic carbocycles. The molecule has 0 N–H and O–H groups in total. The van der Waals surface area contributed by atoms with E-state index in [1.54, 1.807) is 0 Å². The summed E-state index contributed by atoms with van der Waals surface area (Å²) in [7, 11) is 0. The summed E-state index contributed by atoms with van der Waals surface area (Å²) < 4.78 is 0. The summed E-state index contributed by atoms with van der Waals surface area (Å²) in [6, 6.07) is 20.1. The largest absolute Gasteiger partial charge is 0.328 e. The van der Waals surface area contributed by atoms with Crippen LogP contribution in [0.1, 0.15) is 57.1 Å². The van der Waals surface area contributed by atoms with Gasteiger partial charge in [0.05, 0.1) is 11.1 Å². The molecule has 2 nitrogen and oxygen atoms in total. The van der Waals surface area contributed by atoms with Crippen LogP contribution in [-0.4, -0.2) is 11.1 Å². The van der Waals surface area contributed by atoms with E-state index in [9.17, 15) is 0 Å². The van der Waals surface area contributed by atoms with E-state index in [2.05, 4.69) is 97.4 Å². The van der Waals surface area contributed by atoms with Crippen molar-refractivity contribution in [2.75, 3.05) is 4.90 Å². The van der Waals surface area contributed by atoms with Crippen LogP contribution >= 0.6 is 0 Å². The number of hydrogen-bond donors (Lipinski definition) is 0. The van der Waals surface area contributed by atoms with Crippen LogP contribution in [0.3, 0.4) is 0 Å². The third-order valence-electron chi connectivity index (χ3n) is 7.50. The van der Waals surface area contributed by atoms with Gasteiger partial charge in [-0.25, -0.2) is 0 Å². The van der Waals surface area contributed by atoms with Gasteiger partial charge in [-0.1, -0.05) is 73.9 Å². The van der Waals surface area contributed by atoms with Crippen LogP contribution in [-0.2, 0) is 5.41 Å². The fourth-order valence-corrected chi connectivity index (χ4v) is 6.17. The number of para-hydroxylation sites is 1. The summed E-state index contributed by atoms with van der Waals surface area (Å²) in [5, 5.41) is 0. The molecule has 0 amide bonds. The molecule has 0 aromatic heterocycles. The van der Waals surface area contributed by atoms with Crippen molar-refractivity contribution < 1.29 is 0 Å². The highest BCUT2D eigenvalue weighted by atomic mass is 15.4. The van der Waals surface area contributed by atoms with E-state index in [1.807, 2.05) is 0 Å².